The van der Waals surface area contributed by atoms with Crippen molar-refractivity contribution in [3.8, 4) is 0 Å². The summed E-state index contributed by atoms with van der Waals surface area (Å²) in [5.41, 5.74) is 0. The Morgan fingerprint density at radius 2 is 0.619 bits per heavy atom. The summed E-state index contributed by atoms with van der Waals surface area (Å²) in [6, 6.07) is 0. The van der Waals surface area contributed by atoms with Crippen molar-refractivity contribution in [2.24, 2.45) is 0 Å². The predicted octanol–water partition coefficient (Wildman–Crippen LogP) is 17.0. The highest BCUT2D eigenvalue weighted by molar-refractivity contribution is 5.71. The zero-order valence-corrected chi connectivity index (χ0v) is 40.8. The molecule has 0 aliphatic heterocycles. The Kier molecular flexibility index (Phi) is 48.0. The Labute approximate surface area is 387 Å². The largest absolute Gasteiger partial charge is 0.462 e. The van der Waals surface area contributed by atoms with Gasteiger partial charge in [0.1, 0.15) is 13.2 Å². The van der Waals surface area contributed by atoms with Crippen LogP contribution in [0.5, 0.6) is 0 Å². The highest BCUT2D eigenvalue weighted by Crippen LogP contribution is 2.14. The summed E-state index contributed by atoms with van der Waals surface area (Å²) in [5.74, 6) is -0.918. The summed E-state index contributed by atoms with van der Waals surface area (Å²) in [7, 11) is 0. The van der Waals surface area contributed by atoms with Crippen molar-refractivity contribution in [2.75, 3.05) is 13.2 Å². The fourth-order valence-corrected chi connectivity index (χ4v) is 6.75. The highest BCUT2D eigenvalue weighted by atomic mass is 16.6. The van der Waals surface area contributed by atoms with Crippen molar-refractivity contribution in [2.45, 2.75) is 232 Å². The van der Waals surface area contributed by atoms with Crippen LogP contribution in [-0.4, -0.2) is 37.2 Å². The summed E-state index contributed by atoms with van der Waals surface area (Å²) in [6.07, 6.45) is 67.8. The van der Waals surface area contributed by atoms with Gasteiger partial charge in [0.2, 0.25) is 0 Å². The van der Waals surface area contributed by atoms with Gasteiger partial charge in [-0.3, -0.25) is 14.4 Å². The topological polar surface area (TPSA) is 78.9 Å². The summed E-state index contributed by atoms with van der Waals surface area (Å²) >= 11 is 0. The van der Waals surface area contributed by atoms with Gasteiger partial charge in [-0.2, -0.15) is 0 Å². The van der Waals surface area contributed by atoms with Crippen LogP contribution >= 0.6 is 0 Å². The van der Waals surface area contributed by atoms with E-state index in [1.165, 1.54) is 57.8 Å². The zero-order chi connectivity index (χ0) is 45.8. The molecule has 0 aliphatic rings. The van der Waals surface area contributed by atoms with E-state index in [-0.39, 0.29) is 31.1 Å². The molecule has 1 atom stereocenters. The maximum absolute atomic E-state index is 12.5. The quantitative estimate of drug-likeness (QED) is 0.0262. The number of unbranched alkanes of at least 4 members (excludes halogenated alkanes) is 18. The van der Waals surface area contributed by atoms with E-state index in [0.29, 0.717) is 19.3 Å². The van der Waals surface area contributed by atoms with E-state index in [0.717, 1.165) is 128 Å². The second kappa shape index (κ2) is 51.0. The van der Waals surface area contributed by atoms with Gasteiger partial charge in [-0.25, -0.2) is 0 Å². The number of esters is 3. The van der Waals surface area contributed by atoms with Crippen molar-refractivity contribution < 1.29 is 28.6 Å². The van der Waals surface area contributed by atoms with Crippen LogP contribution in [0.2, 0.25) is 0 Å². The van der Waals surface area contributed by atoms with Gasteiger partial charge in [0.25, 0.3) is 0 Å². The minimum Gasteiger partial charge on any atom is -0.462 e. The molecule has 1 unspecified atom stereocenters. The smallest absolute Gasteiger partial charge is 0.306 e. The third-order valence-electron chi connectivity index (χ3n) is 10.6. The number of ether oxygens (including phenoxy) is 3. The molecular formula is C57H94O6. The van der Waals surface area contributed by atoms with Gasteiger partial charge in [0, 0.05) is 19.3 Å². The van der Waals surface area contributed by atoms with Crippen molar-refractivity contribution in [3.63, 3.8) is 0 Å². The molecule has 0 fully saturated rings. The van der Waals surface area contributed by atoms with E-state index < -0.39 is 6.10 Å². The predicted molar refractivity (Wildman–Crippen MR) is 270 cm³/mol. The summed E-state index contributed by atoms with van der Waals surface area (Å²) < 4.78 is 16.5. The van der Waals surface area contributed by atoms with Crippen molar-refractivity contribution >= 4 is 17.9 Å². The Hall–Kier alpha value is -3.67. The lowest BCUT2D eigenvalue weighted by Crippen LogP contribution is -2.30. The maximum Gasteiger partial charge on any atom is 0.306 e. The first-order valence-corrected chi connectivity index (χ1v) is 25.7. The number of hydrogen-bond acceptors (Lipinski definition) is 6. The lowest BCUT2D eigenvalue weighted by molar-refractivity contribution is -0.167. The molecule has 63 heavy (non-hydrogen) atoms. The molecule has 0 aliphatic carbocycles. The molecule has 0 bridgehead atoms. The molecule has 0 N–H and O–H groups in total. The molecule has 6 heteroatoms. The normalized spacial score (nSPS) is 12.9. The van der Waals surface area contributed by atoms with Crippen molar-refractivity contribution in [1.82, 2.24) is 0 Å². The Balaban J connectivity index is 3.86. The molecule has 0 heterocycles. The number of carbonyl (C=O) groups is 3. The number of hydrogen-bond donors (Lipinski definition) is 0. The summed E-state index contributed by atoms with van der Waals surface area (Å²) in [5, 5.41) is 0. The molecule has 0 aromatic carbocycles. The van der Waals surface area contributed by atoms with Crippen LogP contribution in [0.25, 0.3) is 0 Å². The van der Waals surface area contributed by atoms with E-state index in [2.05, 4.69) is 118 Å². The molecular weight excluding hydrogens is 781 g/mol. The van der Waals surface area contributed by atoms with Crippen LogP contribution < -0.4 is 0 Å². The van der Waals surface area contributed by atoms with Crippen molar-refractivity contribution in [3.05, 3.63) is 97.2 Å². The van der Waals surface area contributed by atoms with Crippen LogP contribution in [-0.2, 0) is 28.6 Å². The minimum absolute atomic E-state index is 0.0785. The number of allylic oxidation sites excluding steroid dienone is 16. The van der Waals surface area contributed by atoms with Crippen LogP contribution in [0.15, 0.2) is 97.2 Å². The second-order valence-corrected chi connectivity index (χ2v) is 16.7. The molecule has 0 rings (SSSR count). The lowest BCUT2D eigenvalue weighted by atomic mass is 10.1. The van der Waals surface area contributed by atoms with Gasteiger partial charge < -0.3 is 14.2 Å². The van der Waals surface area contributed by atoms with E-state index in [1.807, 2.05) is 0 Å². The van der Waals surface area contributed by atoms with Gasteiger partial charge in [-0.1, -0.05) is 221 Å². The molecule has 0 saturated heterocycles. The fourth-order valence-electron chi connectivity index (χ4n) is 6.75. The van der Waals surface area contributed by atoms with Gasteiger partial charge in [-0.15, -0.1) is 0 Å². The maximum atomic E-state index is 12.5. The van der Waals surface area contributed by atoms with E-state index in [1.54, 1.807) is 0 Å². The van der Waals surface area contributed by atoms with Gasteiger partial charge in [0.15, 0.2) is 6.10 Å². The molecule has 0 spiro atoms. The molecule has 0 amide bonds. The van der Waals surface area contributed by atoms with Crippen LogP contribution in [0.3, 0.4) is 0 Å². The molecule has 0 radical (unpaired) electrons. The molecule has 0 aromatic heterocycles. The van der Waals surface area contributed by atoms with E-state index >= 15 is 0 Å². The standard InChI is InChI=1S/C57H94O6/c1-4-7-10-13-14-15-16-17-18-19-20-21-22-23-24-25-26-27-28-29-30-31-32-33-34-35-36-37-38-39-40-41-42-45-47-50-56(59)62-53-54(63-57(60)51-48-44-12-9-6-3)52-61-55(58)49-46-43-11-8-5-2/h7,10,14-15,17-18,20-21,23-24,26-27,29-30,32-33,54H,4-6,8-9,11-13,16,19,22,25,28,31,34-53H2,1-3H3/b10-7-,15-14-,18-17-,21-20-,24-23-,27-26-,30-29-,33-32-. The number of rotatable bonds is 45. The first-order chi connectivity index (χ1) is 31.0. The third kappa shape index (κ3) is 49.2. The summed E-state index contributed by atoms with van der Waals surface area (Å²) in [4.78, 5) is 37.2. The molecule has 6 nitrogen and oxygen atoms in total. The first kappa shape index (κ1) is 59.3. The van der Waals surface area contributed by atoms with Crippen LogP contribution in [0, 0.1) is 0 Å². The van der Waals surface area contributed by atoms with Gasteiger partial charge in [-0.05, 0) is 83.5 Å². The molecule has 358 valence electrons. The van der Waals surface area contributed by atoms with E-state index in [9.17, 15) is 14.4 Å². The molecule has 0 aromatic rings. The SMILES string of the molecule is CC/C=C\C/C=C\C/C=C\C/C=C\C/C=C\C/C=C\C/C=C\C/C=C\CCCCCCCCCCCCC(=O)OCC(COC(=O)CCCCCCC)OC(=O)CCCCCCC. The average Bonchev–Trinajstić information content (AvgIpc) is 3.28. The van der Waals surface area contributed by atoms with Gasteiger partial charge >= 0.3 is 17.9 Å². The lowest BCUT2D eigenvalue weighted by Gasteiger charge is -2.18. The number of carbonyl (C=O) groups excluding carboxylic acids is 3. The Morgan fingerprint density at radius 1 is 0.333 bits per heavy atom. The van der Waals surface area contributed by atoms with Crippen LogP contribution in [0.1, 0.15) is 226 Å². The Morgan fingerprint density at radius 3 is 0.968 bits per heavy atom. The molecule has 0 saturated carbocycles. The summed E-state index contributed by atoms with van der Waals surface area (Å²) in [6.45, 7) is 6.33. The Bertz CT molecular complexity index is 1280. The van der Waals surface area contributed by atoms with Crippen molar-refractivity contribution in [1.29, 1.82) is 0 Å². The van der Waals surface area contributed by atoms with Crippen LogP contribution in [0.4, 0.5) is 0 Å². The van der Waals surface area contributed by atoms with E-state index in [4.69, 9.17) is 14.2 Å². The highest BCUT2D eigenvalue weighted by Gasteiger charge is 2.19. The minimum atomic E-state index is -0.768. The monoisotopic (exact) mass is 875 g/mol. The fraction of sp³-hybridized carbons (Fsp3) is 0.667. The second-order valence-electron chi connectivity index (χ2n) is 16.7. The van der Waals surface area contributed by atoms with Gasteiger partial charge in [0.05, 0.1) is 0 Å². The average molecular weight is 875 g/mol. The third-order valence-corrected chi connectivity index (χ3v) is 10.6. The zero-order valence-electron chi connectivity index (χ0n) is 40.8. The first-order valence-electron chi connectivity index (χ1n) is 25.7.